The first-order valence-corrected chi connectivity index (χ1v) is 7.05. The van der Waals surface area contributed by atoms with E-state index in [9.17, 15) is 0 Å². The van der Waals surface area contributed by atoms with E-state index in [2.05, 4.69) is 25.5 Å². The molecule has 0 atom stereocenters. The second-order valence-corrected chi connectivity index (χ2v) is 4.92. The quantitative estimate of drug-likeness (QED) is 0.578. The predicted molar refractivity (Wildman–Crippen MR) is 82.6 cm³/mol. The van der Waals surface area contributed by atoms with E-state index < -0.39 is 0 Å². The average molecular weight is 304 g/mol. The highest BCUT2D eigenvalue weighted by Crippen LogP contribution is 2.25. The van der Waals surface area contributed by atoms with E-state index in [1.807, 2.05) is 49.4 Å². The van der Waals surface area contributed by atoms with Crippen LogP contribution in [0, 0.1) is 6.92 Å². The summed E-state index contributed by atoms with van der Waals surface area (Å²) >= 11 is 0. The highest BCUT2D eigenvalue weighted by atomic mass is 16.4. The van der Waals surface area contributed by atoms with Gasteiger partial charge in [-0.25, -0.2) is 4.68 Å². The fourth-order valence-electron chi connectivity index (χ4n) is 2.27. The maximum Gasteiger partial charge on any atom is 0.270 e. The van der Waals surface area contributed by atoms with Crippen LogP contribution in [0.5, 0.6) is 0 Å². The van der Waals surface area contributed by atoms with Crippen LogP contribution < -0.4 is 0 Å². The van der Waals surface area contributed by atoms with Crippen LogP contribution in [0.2, 0.25) is 0 Å². The van der Waals surface area contributed by atoms with Gasteiger partial charge in [-0.05, 0) is 31.2 Å². The molecule has 4 rings (SSSR count). The number of benzene rings is 1. The minimum absolute atomic E-state index is 0.344. The number of hydrogen-bond acceptors (Lipinski definition) is 6. The lowest BCUT2D eigenvalue weighted by molar-refractivity contribution is 0.581. The molecule has 1 aromatic carbocycles. The molecule has 0 bridgehead atoms. The Balaban J connectivity index is 1.73. The zero-order valence-corrected chi connectivity index (χ0v) is 12.3. The van der Waals surface area contributed by atoms with Crippen molar-refractivity contribution in [3.63, 3.8) is 0 Å². The van der Waals surface area contributed by atoms with Crippen molar-refractivity contribution in [2.75, 3.05) is 0 Å². The Morgan fingerprint density at radius 2 is 1.74 bits per heavy atom. The van der Waals surface area contributed by atoms with Crippen molar-refractivity contribution in [3.8, 4) is 28.7 Å². The lowest BCUT2D eigenvalue weighted by Gasteiger charge is -2.01. The summed E-state index contributed by atoms with van der Waals surface area (Å²) in [6, 6.07) is 13.3. The average Bonchev–Trinajstić information content (AvgIpc) is 3.23. The van der Waals surface area contributed by atoms with Crippen LogP contribution in [0.3, 0.4) is 0 Å². The fourth-order valence-corrected chi connectivity index (χ4v) is 2.27. The topological polar surface area (TPSA) is 82.5 Å². The Bertz CT molecular complexity index is 930. The van der Waals surface area contributed by atoms with E-state index in [0.717, 1.165) is 16.9 Å². The number of nitrogens with zero attached hydrogens (tertiary/aromatic N) is 6. The van der Waals surface area contributed by atoms with Crippen molar-refractivity contribution in [2.45, 2.75) is 6.92 Å². The molecule has 3 heterocycles. The molecule has 0 aliphatic carbocycles. The molecular formula is C16H12N6O. The van der Waals surface area contributed by atoms with Gasteiger partial charge in [-0.15, -0.1) is 15.3 Å². The molecule has 3 aromatic heterocycles. The predicted octanol–water partition coefficient (Wildman–Crippen LogP) is 2.69. The summed E-state index contributed by atoms with van der Waals surface area (Å²) in [5, 5.41) is 16.5. The third-order valence-corrected chi connectivity index (χ3v) is 3.43. The SMILES string of the molecule is Cc1c(-c2nnc(-c3ccccc3)o2)nnn1-c1cccnc1. The Kier molecular flexibility index (Phi) is 3.16. The second-order valence-electron chi connectivity index (χ2n) is 4.92. The van der Waals surface area contributed by atoms with Gasteiger partial charge in [-0.1, -0.05) is 23.4 Å². The van der Waals surface area contributed by atoms with Crippen molar-refractivity contribution in [3.05, 3.63) is 60.6 Å². The first-order valence-electron chi connectivity index (χ1n) is 7.05. The highest BCUT2D eigenvalue weighted by Gasteiger charge is 2.18. The molecule has 0 N–H and O–H groups in total. The molecule has 7 nitrogen and oxygen atoms in total. The van der Waals surface area contributed by atoms with Crippen LogP contribution in [0.1, 0.15) is 5.69 Å². The van der Waals surface area contributed by atoms with Gasteiger partial charge in [0.25, 0.3) is 5.89 Å². The molecule has 0 radical (unpaired) electrons. The summed E-state index contributed by atoms with van der Waals surface area (Å²) in [4.78, 5) is 4.09. The number of rotatable bonds is 3. The van der Waals surface area contributed by atoms with Crippen molar-refractivity contribution in [1.82, 2.24) is 30.2 Å². The zero-order valence-electron chi connectivity index (χ0n) is 12.3. The molecule has 0 unspecified atom stereocenters. The number of aromatic nitrogens is 6. The summed E-state index contributed by atoms with van der Waals surface area (Å²) in [7, 11) is 0. The zero-order chi connectivity index (χ0) is 15.6. The Morgan fingerprint density at radius 1 is 0.913 bits per heavy atom. The third-order valence-electron chi connectivity index (χ3n) is 3.43. The molecule has 23 heavy (non-hydrogen) atoms. The van der Waals surface area contributed by atoms with Gasteiger partial charge < -0.3 is 4.42 Å². The van der Waals surface area contributed by atoms with Crippen LogP contribution in [0.4, 0.5) is 0 Å². The Labute approximate surface area is 131 Å². The van der Waals surface area contributed by atoms with Crippen LogP contribution >= 0.6 is 0 Å². The van der Waals surface area contributed by atoms with Crippen LogP contribution in [0.25, 0.3) is 28.7 Å². The molecule has 0 spiro atoms. The van der Waals surface area contributed by atoms with Gasteiger partial charge in [-0.3, -0.25) is 4.98 Å². The van der Waals surface area contributed by atoms with E-state index in [4.69, 9.17) is 4.42 Å². The summed E-state index contributed by atoms with van der Waals surface area (Å²) in [5.74, 6) is 0.799. The molecular weight excluding hydrogens is 292 g/mol. The normalized spacial score (nSPS) is 10.8. The van der Waals surface area contributed by atoms with Gasteiger partial charge in [0.2, 0.25) is 5.89 Å². The van der Waals surface area contributed by atoms with Crippen molar-refractivity contribution in [2.24, 2.45) is 0 Å². The largest absolute Gasteiger partial charge is 0.414 e. The number of pyridine rings is 1. The maximum absolute atomic E-state index is 5.73. The number of hydrogen-bond donors (Lipinski definition) is 0. The van der Waals surface area contributed by atoms with Crippen LogP contribution in [-0.4, -0.2) is 30.2 Å². The summed E-state index contributed by atoms with van der Waals surface area (Å²) in [6.07, 6.45) is 3.43. The molecule has 0 aliphatic heterocycles. The van der Waals surface area contributed by atoms with Gasteiger partial charge in [0.15, 0.2) is 5.69 Å². The van der Waals surface area contributed by atoms with Gasteiger partial charge in [0.1, 0.15) is 0 Å². The molecule has 7 heteroatoms. The fraction of sp³-hybridized carbons (Fsp3) is 0.0625. The van der Waals surface area contributed by atoms with E-state index in [1.165, 1.54) is 0 Å². The van der Waals surface area contributed by atoms with Gasteiger partial charge in [0, 0.05) is 11.8 Å². The van der Waals surface area contributed by atoms with Crippen LogP contribution in [0.15, 0.2) is 59.3 Å². The smallest absolute Gasteiger partial charge is 0.270 e. The molecule has 4 aromatic rings. The van der Waals surface area contributed by atoms with Crippen LogP contribution in [-0.2, 0) is 0 Å². The first-order chi connectivity index (χ1) is 11.3. The van der Waals surface area contributed by atoms with Crippen molar-refractivity contribution >= 4 is 0 Å². The van der Waals surface area contributed by atoms with E-state index >= 15 is 0 Å². The second kappa shape index (κ2) is 5.45. The molecule has 112 valence electrons. The highest BCUT2D eigenvalue weighted by molar-refractivity contribution is 5.56. The maximum atomic E-state index is 5.73. The molecule has 0 aliphatic rings. The molecule has 0 fully saturated rings. The minimum Gasteiger partial charge on any atom is -0.414 e. The van der Waals surface area contributed by atoms with E-state index in [0.29, 0.717) is 17.5 Å². The molecule has 0 amide bonds. The first kappa shape index (κ1) is 13.3. The van der Waals surface area contributed by atoms with Gasteiger partial charge in [0.05, 0.1) is 17.6 Å². The van der Waals surface area contributed by atoms with Gasteiger partial charge in [-0.2, -0.15) is 0 Å². The molecule has 0 saturated carbocycles. The standard InChI is InChI=1S/C16H12N6O/c1-11-14(18-21-22(11)13-8-5-9-17-10-13)16-20-19-15(23-16)12-6-3-2-4-7-12/h2-10H,1H3. The summed E-state index contributed by atoms with van der Waals surface area (Å²) < 4.78 is 7.42. The van der Waals surface area contributed by atoms with Gasteiger partial charge >= 0.3 is 0 Å². The summed E-state index contributed by atoms with van der Waals surface area (Å²) in [6.45, 7) is 1.90. The molecule has 0 saturated heterocycles. The summed E-state index contributed by atoms with van der Waals surface area (Å²) in [5.41, 5.74) is 3.06. The van der Waals surface area contributed by atoms with E-state index in [1.54, 1.807) is 17.1 Å². The monoisotopic (exact) mass is 304 g/mol. The van der Waals surface area contributed by atoms with Crippen molar-refractivity contribution in [1.29, 1.82) is 0 Å². The third kappa shape index (κ3) is 2.38. The Hall–Kier alpha value is -3.35. The van der Waals surface area contributed by atoms with E-state index in [-0.39, 0.29) is 0 Å². The Morgan fingerprint density at radius 3 is 2.52 bits per heavy atom. The lowest BCUT2D eigenvalue weighted by Crippen LogP contribution is -1.99. The lowest BCUT2D eigenvalue weighted by atomic mass is 10.2. The minimum atomic E-state index is 0.344. The van der Waals surface area contributed by atoms with Crippen molar-refractivity contribution < 1.29 is 4.42 Å².